The van der Waals surface area contributed by atoms with Gasteiger partial charge in [0.05, 0.1) is 6.42 Å². The molecule has 1 aliphatic carbocycles. The largest absolute Gasteiger partial charge is 0.353 e. The molecule has 0 aromatic heterocycles. The second-order valence-corrected chi connectivity index (χ2v) is 7.32. The summed E-state index contributed by atoms with van der Waals surface area (Å²) in [7, 11) is 0. The molecule has 7 nitrogen and oxygen atoms in total. The van der Waals surface area contributed by atoms with Crippen molar-refractivity contribution in [3.63, 3.8) is 0 Å². The third-order valence-corrected chi connectivity index (χ3v) is 5.37. The van der Waals surface area contributed by atoms with Gasteiger partial charge in [0, 0.05) is 44.3 Å². The minimum Gasteiger partial charge on any atom is -0.353 e. The maximum atomic E-state index is 12.6. The van der Waals surface area contributed by atoms with E-state index in [2.05, 4.69) is 15.5 Å². The maximum Gasteiger partial charge on any atom is 0.239 e. The first-order valence-corrected chi connectivity index (χ1v) is 9.29. The molecule has 2 aliphatic heterocycles. The van der Waals surface area contributed by atoms with Gasteiger partial charge in [0.1, 0.15) is 6.04 Å². The number of benzene rings is 1. The molecule has 1 aromatic rings. The zero-order valence-electron chi connectivity index (χ0n) is 14.7. The van der Waals surface area contributed by atoms with E-state index in [1.54, 1.807) is 4.90 Å². The van der Waals surface area contributed by atoms with Crippen LogP contribution in [-0.4, -0.2) is 66.3 Å². The van der Waals surface area contributed by atoms with Crippen LogP contribution in [0.4, 0.5) is 5.69 Å². The molecule has 1 unspecified atom stereocenters. The summed E-state index contributed by atoms with van der Waals surface area (Å²) in [4.78, 5) is 40.3. The fraction of sp³-hybridized carbons (Fsp3) is 0.526. The molecule has 3 fully saturated rings. The SMILES string of the molecule is O=C(Nc1ccc(CC(=O)N2CCN3CCNC(=O)C3C2)cc1)C1CC1. The first-order chi connectivity index (χ1) is 12.6. The molecule has 26 heavy (non-hydrogen) atoms. The minimum absolute atomic E-state index is 0.0181. The number of anilines is 1. The first-order valence-electron chi connectivity index (χ1n) is 9.29. The lowest BCUT2D eigenvalue weighted by Crippen LogP contribution is -2.64. The number of nitrogens with zero attached hydrogens (tertiary/aromatic N) is 2. The van der Waals surface area contributed by atoms with Crippen LogP contribution in [-0.2, 0) is 20.8 Å². The molecule has 1 aromatic carbocycles. The molecule has 2 N–H and O–H groups in total. The molecule has 3 amide bonds. The van der Waals surface area contributed by atoms with Crippen LogP contribution < -0.4 is 10.6 Å². The molecule has 138 valence electrons. The third-order valence-electron chi connectivity index (χ3n) is 5.37. The predicted molar refractivity (Wildman–Crippen MR) is 96.5 cm³/mol. The maximum absolute atomic E-state index is 12.6. The van der Waals surface area contributed by atoms with E-state index in [1.807, 2.05) is 24.3 Å². The Labute approximate surface area is 152 Å². The van der Waals surface area contributed by atoms with Gasteiger partial charge in [0.25, 0.3) is 0 Å². The van der Waals surface area contributed by atoms with E-state index in [0.29, 0.717) is 26.1 Å². The van der Waals surface area contributed by atoms with Crippen LogP contribution in [0.1, 0.15) is 18.4 Å². The van der Waals surface area contributed by atoms with Crippen molar-refractivity contribution in [3.8, 4) is 0 Å². The summed E-state index contributed by atoms with van der Waals surface area (Å²) < 4.78 is 0. The Balaban J connectivity index is 1.32. The molecule has 0 bridgehead atoms. The van der Waals surface area contributed by atoms with Crippen LogP contribution in [0.5, 0.6) is 0 Å². The van der Waals surface area contributed by atoms with Gasteiger partial charge in [-0.2, -0.15) is 0 Å². The second kappa shape index (κ2) is 7.07. The Bertz CT molecular complexity index is 714. The molecule has 2 heterocycles. The summed E-state index contributed by atoms with van der Waals surface area (Å²) in [6.07, 6.45) is 2.26. The van der Waals surface area contributed by atoms with Gasteiger partial charge in [-0.3, -0.25) is 19.3 Å². The third kappa shape index (κ3) is 3.72. The Morgan fingerprint density at radius 2 is 1.88 bits per heavy atom. The summed E-state index contributed by atoms with van der Waals surface area (Å²) in [6, 6.07) is 7.22. The Morgan fingerprint density at radius 3 is 2.62 bits per heavy atom. The smallest absolute Gasteiger partial charge is 0.239 e. The highest BCUT2D eigenvalue weighted by molar-refractivity contribution is 5.94. The van der Waals surface area contributed by atoms with Gasteiger partial charge in [0.15, 0.2) is 0 Å². The van der Waals surface area contributed by atoms with E-state index < -0.39 is 0 Å². The van der Waals surface area contributed by atoms with Gasteiger partial charge in [0.2, 0.25) is 17.7 Å². The number of carbonyl (C=O) groups is 3. The number of hydrogen-bond donors (Lipinski definition) is 2. The van der Waals surface area contributed by atoms with E-state index in [1.165, 1.54) is 0 Å². The van der Waals surface area contributed by atoms with Crippen LogP contribution in [0.25, 0.3) is 0 Å². The lowest BCUT2D eigenvalue weighted by molar-refractivity contribution is -0.139. The predicted octanol–water partition coefficient (Wildman–Crippen LogP) is 0.220. The highest BCUT2D eigenvalue weighted by Gasteiger charge is 2.36. The first kappa shape index (κ1) is 17.0. The van der Waals surface area contributed by atoms with E-state index in [0.717, 1.165) is 37.2 Å². The quantitative estimate of drug-likeness (QED) is 0.809. The zero-order valence-corrected chi connectivity index (χ0v) is 14.7. The molecular weight excluding hydrogens is 332 g/mol. The summed E-state index contributed by atoms with van der Waals surface area (Å²) in [5, 5.41) is 5.77. The summed E-state index contributed by atoms with van der Waals surface area (Å²) in [6.45, 7) is 3.41. The van der Waals surface area contributed by atoms with E-state index in [9.17, 15) is 14.4 Å². The van der Waals surface area contributed by atoms with Gasteiger partial charge >= 0.3 is 0 Å². The Hall–Kier alpha value is -2.41. The number of piperazine rings is 2. The van der Waals surface area contributed by atoms with Gasteiger partial charge < -0.3 is 15.5 Å². The second-order valence-electron chi connectivity index (χ2n) is 7.32. The molecule has 3 aliphatic rings. The summed E-state index contributed by atoms with van der Waals surface area (Å²) in [5.74, 6) is 0.312. The Kier molecular flexibility index (Phi) is 4.63. The van der Waals surface area contributed by atoms with Gasteiger partial charge in [-0.1, -0.05) is 12.1 Å². The Morgan fingerprint density at radius 1 is 1.12 bits per heavy atom. The molecule has 1 saturated carbocycles. The molecular formula is C19H24N4O3. The van der Waals surface area contributed by atoms with Crippen molar-refractivity contribution in [3.05, 3.63) is 29.8 Å². The molecule has 0 spiro atoms. The number of hydrogen-bond acceptors (Lipinski definition) is 4. The summed E-state index contributed by atoms with van der Waals surface area (Å²) in [5.41, 5.74) is 1.68. The van der Waals surface area contributed by atoms with E-state index in [-0.39, 0.29) is 29.7 Å². The molecule has 0 radical (unpaired) electrons. The fourth-order valence-electron chi connectivity index (χ4n) is 3.59. The minimum atomic E-state index is -0.221. The normalized spacial score (nSPS) is 23.2. The topological polar surface area (TPSA) is 81.8 Å². The van der Waals surface area contributed by atoms with Crippen molar-refractivity contribution >= 4 is 23.4 Å². The molecule has 1 atom stereocenters. The fourth-order valence-corrected chi connectivity index (χ4v) is 3.59. The van der Waals surface area contributed by atoms with Crippen LogP contribution in [0.15, 0.2) is 24.3 Å². The number of fused-ring (bicyclic) bond motifs is 1. The van der Waals surface area contributed by atoms with Crippen molar-refractivity contribution in [2.24, 2.45) is 5.92 Å². The van der Waals surface area contributed by atoms with Crippen molar-refractivity contribution in [1.82, 2.24) is 15.1 Å². The highest BCUT2D eigenvalue weighted by atomic mass is 16.2. The van der Waals surface area contributed by atoms with Crippen LogP contribution in [0.2, 0.25) is 0 Å². The lowest BCUT2D eigenvalue weighted by atomic mass is 10.1. The number of amides is 3. The summed E-state index contributed by atoms with van der Waals surface area (Å²) >= 11 is 0. The monoisotopic (exact) mass is 356 g/mol. The van der Waals surface area contributed by atoms with Crippen molar-refractivity contribution in [2.75, 3.05) is 38.0 Å². The van der Waals surface area contributed by atoms with Crippen LogP contribution in [0, 0.1) is 5.92 Å². The van der Waals surface area contributed by atoms with Crippen molar-refractivity contribution in [2.45, 2.75) is 25.3 Å². The highest BCUT2D eigenvalue weighted by Crippen LogP contribution is 2.30. The molecule has 4 rings (SSSR count). The van der Waals surface area contributed by atoms with Gasteiger partial charge in [-0.05, 0) is 30.5 Å². The van der Waals surface area contributed by atoms with Crippen LogP contribution in [0.3, 0.4) is 0 Å². The average Bonchev–Trinajstić information content (AvgIpc) is 3.49. The number of carbonyl (C=O) groups excluding carboxylic acids is 3. The molecule has 7 heteroatoms. The van der Waals surface area contributed by atoms with Gasteiger partial charge in [-0.15, -0.1) is 0 Å². The zero-order chi connectivity index (χ0) is 18.1. The lowest BCUT2D eigenvalue weighted by Gasteiger charge is -2.43. The van der Waals surface area contributed by atoms with Crippen molar-refractivity contribution < 1.29 is 14.4 Å². The van der Waals surface area contributed by atoms with Crippen molar-refractivity contribution in [1.29, 1.82) is 0 Å². The molecule has 2 saturated heterocycles. The van der Waals surface area contributed by atoms with Gasteiger partial charge in [-0.25, -0.2) is 0 Å². The van der Waals surface area contributed by atoms with E-state index in [4.69, 9.17) is 0 Å². The number of rotatable bonds is 4. The van der Waals surface area contributed by atoms with Crippen LogP contribution >= 0.6 is 0 Å². The number of nitrogens with one attached hydrogen (secondary N) is 2. The average molecular weight is 356 g/mol. The standard InChI is InChI=1S/C19H24N4O3/c24-17(23-10-9-22-8-7-20-19(26)16(22)12-23)11-13-1-5-15(6-2-13)21-18(25)14-3-4-14/h1-2,5-6,14,16H,3-4,7-12H2,(H,20,26)(H,21,25). The van der Waals surface area contributed by atoms with E-state index >= 15 is 0 Å².